The maximum absolute atomic E-state index is 12.8. The van der Waals surface area contributed by atoms with Gasteiger partial charge in [-0.1, -0.05) is 29.3 Å². The first-order chi connectivity index (χ1) is 13.3. The second kappa shape index (κ2) is 8.69. The van der Waals surface area contributed by atoms with Gasteiger partial charge >= 0.3 is 0 Å². The lowest BCUT2D eigenvalue weighted by Gasteiger charge is -2.21. The van der Waals surface area contributed by atoms with Gasteiger partial charge in [0.25, 0.3) is 15.9 Å². The van der Waals surface area contributed by atoms with Crippen molar-refractivity contribution in [1.82, 2.24) is 9.80 Å². The van der Waals surface area contributed by atoms with Crippen LogP contribution in [0.4, 0.5) is 5.69 Å². The quantitative estimate of drug-likeness (QED) is 0.786. The first-order valence-corrected chi connectivity index (χ1v) is 11.1. The summed E-state index contributed by atoms with van der Waals surface area (Å²) in [6.45, 7) is 3.08. The highest BCUT2D eigenvalue weighted by molar-refractivity contribution is 7.92. The van der Waals surface area contributed by atoms with Crippen molar-refractivity contribution in [3.63, 3.8) is 0 Å². The predicted molar refractivity (Wildman–Crippen MR) is 112 cm³/mol. The van der Waals surface area contributed by atoms with Crippen molar-refractivity contribution >= 4 is 44.8 Å². The summed E-state index contributed by atoms with van der Waals surface area (Å²) in [7, 11) is -1.91. The zero-order valence-corrected chi connectivity index (χ0v) is 17.7. The van der Waals surface area contributed by atoms with Crippen molar-refractivity contribution in [2.45, 2.75) is 11.3 Å². The lowest BCUT2D eigenvalue weighted by atomic mass is 10.1. The molecule has 0 bridgehead atoms. The average Bonchev–Trinajstić information content (AvgIpc) is 2.87. The van der Waals surface area contributed by atoms with Crippen LogP contribution in [0.1, 0.15) is 16.8 Å². The number of benzene rings is 2. The molecule has 0 aromatic heterocycles. The topological polar surface area (TPSA) is 69.7 Å². The Morgan fingerprint density at radius 2 is 1.82 bits per heavy atom. The van der Waals surface area contributed by atoms with Gasteiger partial charge in [-0.05, 0) is 56.4 Å². The van der Waals surface area contributed by atoms with Crippen molar-refractivity contribution in [2.24, 2.45) is 0 Å². The number of anilines is 1. The van der Waals surface area contributed by atoms with E-state index < -0.39 is 10.0 Å². The molecule has 0 radical (unpaired) electrons. The molecule has 1 fully saturated rings. The van der Waals surface area contributed by atoms with Gasteiger partial charge in [0.2, 0.25) is 0 Å². The number of amides is 1. The van der Waals surface area contributed by atoms with Crippen LogP contribution in [0, 0.1) is 0 Å². The molecular formula is C19H21Cl2N3O3S. The molecule has 3 rings (SSSR count). The number of nitrogens with one attached hydrogen (secondary N) is 1. The summed E-state index contributed by atoms with van der Waals surface area (Å²) in [5.74, 6) is -0.114. The molecule has 1 aliphatic rings. The van der Waals surface area contributed by atoms with E-state index >= 15 is 0 Å². The monoisotopic (exact) mass is 441 g/mol. The van der Waals surface area contributed by atoms with Crippen molar-refractivity contribution in [3.05, 3.63) is 58.1 Å². The van der Waals surface area contributed by atoms with Gasteiger partial charge in [-0.15, -0.1) is 0 Å². The van der Waals surface area contributed by atoms with E-state index in [1.54, 1.807) is 23.1 Å². The number of nitrogens with zero attached hydrogens (tertiary/aromatic N) is 2. The van der Waals surface area contributed by atoms with Crippen LogP contribution >= 0.6 is 23.2 Å². The second-order valence-electron chi connectivity index (χ2n) is 6.71. The van der Waals surface area contributed by atoms with Crippen molar-refractivity contribution < 1.29 is 13.2 Å². The molecule has 2 aromatic rings. The Morgan fingerprint density at radius 1 is 1.04 bits per heavy atom. The Morgan fingerprint density at radius 3 is 2.61 bits per heavy atom. The fourth-order valence-corrected chi connectivity index (χ4v) is 4.85. The van der Waals surface area contributed by atoms with E-state index in [1.165, 1.54) is 24.3 Å². The summed E-state index contributed by atoms with van der Waals surface area (Å²) < 4.78 is 27.8. The van der Waals surface area contributed by atoms with Gasteiger partial charge in [0.15, 0.2) is 0 Å². The van der Waals surface area contributed by atoms with Gasteiger partial charge in [0.05, 0.1) is 5.02 Å². The predicted octanol–water partition coefficient (Wildman–Crippen LogP) is 3.57. The minimum Gasteiger partial charge on any atom is -0.337 e. The number of hydrogen-bond acceptors (Lipinski definition) is 4. The van der Waals surface area contributed by atoms with Gasteiger partial charge in [-0.25, -0.2) is 8.42 Å². The molecule has 0 unspecified atom stereocenters. The SMILES string of the molecule is CN1CCCN(C(=O)c2cccc(NS(=O)(=O)c3cc(Cl)ccc3Cl)c2)CC1. The number of likely N-dealkylation sites (N-methyl/N-ethyl adjacent to an activating group) is 1. The van der Waals surface area contributed by atoms with Gasteiger partial charge < -0.3 is 9.80 Å². The molecule has 0 saturated carbocycles. The van der Waals surface area contributed by atoms with Crippen LogP contribution in [0.25, 0.3) is 0 Å². The molecule has 1 amide bonds. The summed E-state index contributed by atoms with van der Waals surface area (Å²) in [4.78, 5) is 16.7. The number of sulfonamides is 1. The highest BCUT2D eigenvalue weighted by Crippen LogP contribution is 2.27. The minimum atomic E-state index is -3.94. The molecule has 1 saturated heterocycles. The third-order valence-electron chi connectivity index (χ3n) is 4.55. The molecule has 0 atom stereocenters. The van der Waals surface area contributed by atoms with Crippen molar-refractivity contribution in [3.8, 4) is 0 Å². The molecule has 1 heterocycles. The van der Waals surface area contributed by atoms with Crippen LogP contribution in [0.3, 0.4) is 0 Å². The Labute approximate surface area is 175 Å². The summed E-state index contributed by atoms with van der Waals surface area (Å²) in [5.41, 5.74) is 0.718. The largest absolute Gasteiger partial charge is 0.337 e. The number of rotatable bonds is 4. The standard InChI is InChI=1S/C19H21Cl2N3O3S/c1-23-8-3-9-24(11-10-23)19(25)14-4-2-5-16(12-14)22-28(26,27)18-13-15(20)6-7-17(18)21/h2,4-7,12-13,22H,3,8-11H2,1H3. The molecule has 0 spiro atoms. The number of carbonyl (C=O) groups is 1. The number of hydrogen-bond donors (Lipinski definition) is 1. The van der Waals surface area contributed by atoms with Gasteiger partial charge in [0, 0.05) is 35.9 Å². The maximum atomic E-state index is 12.8. The van der Waals surface area contributed by atoms with E-state index in [-0.39, 0.29) is 26.5 Å². The molecule has 6 nitrogen and oxygen atoms in total. The van der Waals surface area contributed by atoms with Crippen LogP contribution in [0.5, 0.6) is 0 Å². The van der Waals surface area contributed by atoms with Crippen LogP contribution in [-0.2, 0) is 10.0 Å². The summed E-state index contributed by atoms with van der Waals surface area (Å²) >= 11 is 11.9. The maximum Gasteiger partial charge on any atom is 0.263 e. The van der Waals surface area contributed by atoms with Gasteiger partial charge in [-0.2, -0.15) is 0 Å². The molecule has 28 heavy (non-hydrogen) atoms. The summed E-state index contributed by atoms with van der Waals surface area (Å²) in [6, 6.07) is 10.7. The Balaban J connectivity index is 1.81. The highest BCUT2D eigenvalue weighted by atomic mass is 35.5. The fraction of sp³-hybridized carbons (Fsp3) is 0.316. The molecule has 2 aromatic carbocycles. The van der Waals surface area contributed by atoms with E-state index in [2.05, 4.69) is 9.62 Å². The lowest BCUT2D eigenvalue weighted by molar-refractivity contribution is 0.0763. The molecular weight excluding hydrogens is 421 g/mol. The summed E-state index contributed by atoms with van der Waals surface area (Å²) in [5, 5.41) is 0.331. The zero-order chi connectivity index (χ0) is 20.3. The third kappa shape index (κ3) is 4.97. The van der Waals surface area contributed by atoms with E-state index in [4.69, 9.17) is 23.2 Å². The number of carbonyl (C=O) groups excluding carboxylic acids is 1. The average molecular weight is 442 g/mol. The van der Waals surface area contributed by atoms with Crippen molar-refractivity contribution in [1.29, 1.82) is 0 Å². The highest BCUT2D eigenvalue weighted by Gasteiger charge is 2.21. The second-order valence-corrected chi connectivity index (χ2v) is 9.20. The Hall–Kier alpha value is -1.80. The smallest absolute Gasteiger partial charge is 0.263 e. The molecule has 9 heteroatoms. The molecule has 1 N–H and O–H groups in total. The van der Waals surface area contributed by atoms with Crippen LogP contribution < -0.4 is 4.72 Å². The van der Waals surface area contributed by atoms with Crippen LogP contribution in [0.2, 0.25) is 10.0 Å². The van der Waals surface area contributed by atoms with E-state index in [9.17, 15) is 13.2 Å². The van der Waals surface area contributed by atoms with E-state index in [0.29, 0.717) is 18.7 Å². The van der Waals surface area contributed by atoms with Gasteiger partial charge in [0.1, 0.15) is 4.90 Å². The number of halogens is 2. The van der Waals surface area contributed by atoms with E-state index in [1.807, 2.05) is 7.05 Å². The van der Waals surface area contributed by atoms with Crippen LogP contribution in [-0.4, -0.2) is 57.4 Å². The minimum absolute atomic E-state index is 0.0674. The first kappa shape index (κ1) is 20.9. The van der Waals surface area contributed by atoms with E-state index in [0.717, 1.165) is 19.5 Å². The molecule has 0 aliphatic carbocycles. The normalized spacial score (nSPS) is 15.9. The molecule has 150 valence electrons. The lowest BCUT2D eigenvalue weighted by Crippen LogP contribution is -2.34. The Kier molecular flexibility index (Phi) is 6.50. The van der Waals surface area contributed by atoms with Crippen molar-refractivity contribution in [2.75, 3.05) is 37.9 Å². The summed E-state index contributed by atoms with van der Waals surface area (Å²) in [6.07, 6.45) is 0.905. The van der Waals surface area contributed by atoms with Gasteiger partial charge in [-0.3, -0.25) is 9.52 Å². The Bertz CT molecular complexity index is 982. The third-order valence-corrected chi connectivity index (χ3v) is 6.65. The zero-order valence-electron chi connectivity index (χ0n) is 15.4. The molecule has 1 aliphatic heterocycles. The van der Waals surface area contributed by atoms with Crippen LogP contribution in [0.15, 0.2) is 47.4 Å². The fourth-order valence-electron chi connectivity index (χ4n) is 3.04. The first-order valence-electron chi connectivity index (χ1n) is 8.82.